The van der Waals surface area contributed by atoms with Crippen molar-refractivity contribution in [3.8, 4) is 11.5 Å². The van der Waals surface area contributed by atoms with Crippen molar-refractivity contribution >= 4 is 34.7 Å². The summed E-state index contributed by atoms with van der Waals surface area (Å²) in [5, 5.41) is 14.9. The highest BCUT2D eigenvalue weighted by Crippen LogP contribution is 2.35. The van der Waals surface area contributed by atoms with E-state index in [0.717, 1.165) is 28.3 Å². The minimum Gasteiger partial charge on any atom is -0.454 e. The second-order valence-electron chi connectivity index (χ2n) is 5.92. The zero-order valence-electron chi connectivity index (χ0n) is 14.2. The van der Waals surface area contributed by atoms with Crippen molar-refractivity contribution in [2.24, 2.45) is 0 Å². The molecule has 26 heavy (non-hydrogen) atoms. The summed E-state index contributed by atoms with van der Waals surface area (Å²) in [6.07, 6.45) is 1.54. The SMILES string of the molecule is Cc1cc(C)c(Nc2cnnc(Nc3ccc4c(c3)OCO4)n2)c(Cl)c1. The molecule has 0 bridgehead atoms. The molecule has 2 N–H and O–H groups in total. The van der Waals surface area contributed by atoms with Gasteiger partial charge in [0.1, 0.15) is 0 Å². The Balaban J connectivity index is 1.56. The van der Waals surface area contributed by atoms with Gasteiger partial charge in [-0.25, -0.2) is 0 Å². The van der Waals surface area contributed by atoms with Gasteiger partial charge in [-0.05, 0) is 43.2 Å². The molecule has 0 amide bonds. The standard InChI is InChI=1S/C18H16ClN5O2/c1-10-5-11(2)17(13(19)6-10)22-16-8-20-24-18(23-16)21-12-3-4-14-15(7-12)26-9-25-14/h3-8H,9H2,1-2H3,(H2,21,22,23,24). The third-order valence-electron chi connectivity index (χ3n) is 3.87. The minimum absolute atomic E-state index is 0.229. The van der Waals surface area contributed by atoms with E-state index in [2.05, 4.69) is 31.9 Å². The van der Waals surface area contributed by atoms with Gasteiger partial charge in [0.2, 0.25) is 12.7 Å². The van der Waals surface area contributed by atoms with Crippen molar-refractivity contribution in [1.82, 2.24) is 15.2 Å². The van der Waals surface area contributed by atoms with Crippen LogP contribution in [0.5, 0.6) is 11.5 Å². The number of fused-ring (bicyclic) bond motifs is 1. The zero-order valence-corrected chi connectivity index (χ0v) is 15.0. The monoisotopic (exact) mass is 369 g/mol. The Kier molecular flexibility index (Phi) is 4.22. The first-order valence-electron chi connectivity index (χ1n) is 7.99. The maximum atomic E-state index is 6.34. The van der Waals surface area contributed by atoms with E-state index < -0.39 is 0 Å². The number of aryl methyl sites for hydroxylation is 2. The van der Waals surface area contributed by atoms with Crippen molar-refractivity contribution in [2.75, 3.05) is 17.4 Å². The fourth-order valence-corrected chi connectivity index (χ4v) is 3.09. The smallest absolute Gasteiger partial charge is 0.249 e. The van der Waals surface area contributed by atoms with Gasteiger partial charge in [0.25, 0.3) is 0 Å². The first-order valence-corrected chi connectivity index (χ1v) is 8.36. The van der Waals surface area contributed by atoms with Crippen LogP contribution in [0.3, 0.4) is 0 Å². The lowest BCUT2D eigenvalue weighted by Gasteiger charge is -2.12. The maximum Gasteiger partial charge on any atom is 0.249 e. The summed E-state index contributed by atoms with van der Waals surface area (Å²) in [7, 11) is 0. The third-order valence-corrected chi connectivity index (χ3v) is 4.17. The Bertz CT molecular complexity index is 957. The lowest BCUT2D eigenvalue weighted by atomic mass is 10.1. The average molecular weight is 370 g/mol. The summed E-state index contributed by atoms with van der Waals surface area (Å²) in [6, 6.07) is 9.46. The summed E-state index contributed by atoms with van der Waals surface area (Å²) in [6.45, 7) is 4.22. The number of halogens is 1. The summed E-state index contributed by atoms with van der Waals surface area (Å²) in [5.74, 6) is 2.29. The fraction of sp³-hybridized carbons (Fsp3) is 0.167. The van der Waals surface area contributed by atoms with Crippen LogP contribution in [0.25, 0.3) is 0 Å². The van der Waals surface area contributed by atoms with Crippen LogP contribution in [-0.4, -0.2) is 22.0 Å². The topological polar surface area (TPSA) is 81.2 Å². The highest BCUT2D eigenvalue weighted by molar-refractivity contribution is 6.33. The number of nitrogens with zero attached hydrogens (tertiary/aromatic N) is 3. The van der Waals surface area contributed by atoms with Gasteiger partial charge < -0.3 is 20.1 Å². The van der Waals surface area contributed by atoms with E-state index in [-0.39, 0.29) is 6.79 Å². The molecular formula is C18H16ClN5O2. The van der Waals surface area contributed by atoms with E-state index in [9.17, 15) is 0 Å². The third kappa shape index (κ3) is 3.34. The van der Waals surface area contributed by atoms with Crippen molar-refractivity contribution in [1.29, 1.82) is 0 Å². The number of benzene rings is 2. The lowest BCUT2D eigenvalue weighted by Crippen LogP contribution is -2.03. The normalized spacial score (nSPS) is 12.1. The molecule has 1 aromatic heterocycles. The quantitative estimate of drug-likeness (QED) is 0.707. The number of hydrogen-bond donors (Lipinski definition) is 2. The van der Waals surface area contributed by atoms with Crippen LogP contribution in [0.15, 0.2) is 36.5 Å². The Labute approximate surface area is 155 Å². The molecule has 0 spiro atoms. The zero-order chi connectivity index (χ0) is 18.1. The predicted octanol–water partition coefficient (Wildman–Crippen LogP) is 4.36. The van der Waals surface area contributed by atoms with Crippen LogP contribution in [0.2, 0.25) is 5.02 Å². The van der Waals surface area contributed by atoms with Gasteiger partial charge in [-0.3, -0.25) is 0 Å². The summed E-state index contributed by atoms with van der Waals surface area (Å²) < 4.78 is 10.7. The molecule has 7 nitrogen and oxygen atoms in total. The van der Waals surface area contributed by atoms with Crippen LogP contribution >= 0.6 is 11.6 Å². The molecule has 0 aliphatic carbocycles. The average Bonchev–Trinajstić information content (AvgIpc) is 3.06. The van der Waals surface area contributed by atoms with Gasteiger partial charge in [-0.2, -0.15) is 10.1 Å². The number of ether oxygens (including phenoxy) is 2. The molecule has 1 aliphatic rings. The van der Waals surface area contributed by atoms with E-state index in [0.29, 0.717) is 22.5 Å². The Hall–Kier alpha value is -3.06. The second kappa shape index (κ2) is 6.68. The van der Waals surface area contributed by atoms with E-state index in [1.54, 1.807) is 6.20 Å². The fourth-order valence-electron chi connectivity index (χ4n) is 2.72. The Morgan fingerprint density at radius 3 is 2.73 bits per heavy atom. The van der Waals surface area contributed by atoms with Crippen molar-refractivity contribution in [3.05, 3.63) is 52.7 Å². The molecule has 4 rings (SSSR count). The first kappa shape index (κ1) is 16.4. The molecule has 8 heteroatoms. The number of hydrogen-bond acceptors (Lipinski definition) is 7. The van der Waals surface area contributed by atoms with Gasteiger partial charge in [-0.1, -0.05) is 17.7 Å². The summed E-state index contributed by atoms with van der Waals surface area (Å²) >= 11 is 6.34. The van der Waals surface area contributed by atoms with Gasteiger partial charge in [0, 0.05) is 11.8 Å². The molecule has 0 saturated carbocycles. The van der Waals surface area contributed by atoms with E-state index in [4.69, 9.17) is 21.1 Å². The number of aromatic nitrogens is 3. The van der Waals surface area contributed by atoms with Crippen LogP contribution in [-0.2, 0) is 0 Å². The van der Waals surface area contributed by atoms with Gasteiger partial charge in [-0.15, -0.1) is 5.10 Å². The number of nitrogens with one attached hydrogen (secondary N) is 2. The molecule has 0 saturated heterocycles. The van der Waals surface area contributed by atoms with Crippen molar-refractivity contribution in [2.45, 2.75) is 13.8 Å². The largest absolute Gasteiger partial charge is 0.454 e. The van der Waals surface area contributed by atoms with Crippen molar-refractivity contribution < 1.29 is 9.47 Å². The predicted molar refractivity (Wildman–Crippen MR) is 99.9 cm³/mol. The molecule has 2 aromatic carbocycles. The molecule has 0 fully saturated rings. The molecule has 0 radical (unpaired) electrons. The molecule has 2 heterocycles. The van der Waals surface area contributed by atoms with Crippen LogP contribution < -0.4 is 20.1 Å². The maximum absolute atomic E-state index is 6.34. The van der Waals surface area contributed by atoms with E-state index in [1.165, 1.54) is 0 Å². The highest BCUT2D eigenvalue weighted by Gasteiger charge is 2.14. The van der Waals surface area contributed by atoms with Gasteiger partial charge in [0.15, 0.2) is 17.3 Å². The molecule has 0 atom stereocenters. The van der Waals surface area contributed by atoms with Crippen LogP contribution in [0.1, 0.15) is 11.1 Å². The first-order chi connectivity index (χ1) is 12.6. The molecule has 132 valence electrons. The van der Waals surface area contributed by atoms with E-state index in [1.807, 2.05) is 38.1 Å². The Morgan fingerprint density at radius 2 is 1.88 bits per heavy atom. The van der Waals surface area contributed by atoms with E-state index >= 15 is 0 Å². The molecule has 0 unspecified atom stereocenters. The number of rotatable bonds is 4. The molecular weight excluding hydrogens is 354 g/mol. The highest BCUT2D eigenvalue weighted by atomic mass is 35.5. The van der Waals surface area contributed by atoms with Gasteiger partial charge in [0.05, 0.1) is 16.9 Å². The summed E-state index contributed by atoms with van der Waals surface area (Å²) in [5.41, 5.74) is 3.70. The molecule has 3 aromatic rings. The summed E-state index contributed by atoms with van der Waals surface area (Å²) in [4.78, 5) is 4.43. The second-order valence-corrected chi connectivity index (χ2v) is 6.33. The Morgan fingerprint density at radius 1 is 1.04 bits per heavy atom. The molecule has 1 aliphatic heterocycles. The van der Waals surface area contributed by atoms with Gasteiger partial charge >= 0.3 is 0 Å². The van der Waals surface area contributed by atoms with Crippen LogP contribution in [0.4, 0.5) is 23.1 Å². The number of anilines is 4. The van der Waals surface area contributed by atoms with Crippen molar-refractivity contribution in [3.63, 3.8) is 0 Å². The lowest BCUT2D eigenvalue weighted by molar-refractivity contribution is 0.174. The van der Waals surface area contributed by atoms with Crippen LogP contribution in [0, 0.1) is 13.8 Å². The minimum atomic E-state index is 0.229.